The summed E-state index contributed by atoms with van der Waals surface area (Å²) in [4.78, 5) is 13.2. The van der Waals surface area contributed by atoms with E-state index in [2.05, 4.69) is 45.7 Å². The average Bonchev–Trinajstić information content (AvgIpc) is 3.00. The Labute approximate surface area is 158 Å². The molecular weight excluding hydrogens is 352 g/mol. The van der Waals surface area contributed by atoms with Crippen molar-refractivity contribution in [2.45, 2.75) is 31.9 Å². The van der Waals surface area contributed by atoms with Gasteiger partial charge in [-0.2, -0.15) is 0 Å². The standard InChI is InChI=1S/C19H25ClN4O2/c1-3-13-8-14-10-21-18(20)22-15(14)9-16(13)23-4-6-24(7-5-23)19(2)12-26-11-17(19)25/h8-10,17,25H,3-7,11-12H2,1-2H3. The van der Waals surface area contributed by atoms with Gasteiger partial charge in [-0.05, 0) is 42.6 Å². The number of aromatic nitrogens is 2. The lowest BCUT2D eigenvalue weighted by Gasteiger charge is -2.45. The van der Waals surface area contributed by atoms with Crippen molar-refractivity contribution in [2.75, 3.05) is 44.3 Å². The number of hydrogen-bond acceptors (Lipinski definition) is 6. The molecule has 2 aliphatic heterocycles. The maximum atomic E-state index is 10.3. The molecule has 0 bridgehead atoms. The molecule has 26 heavy (non-hydrogen) atoms. The van der Waals surface area contributed by atoms with Gasteiger partial charge >= 0.3 is 0 Å². The zero-order valence-electron chi connectivity index (χ0n) is 15.3. The lowest BCUT2D eigenvalue weighted by atomic mass is 9.95. The Morgan fingerprint density at radius 3 is 2.73 bits per heavy atom. The fraction of sp³-hybridized carbons (Fsp3) is 0.579. The normalized spacial score (nSPS) is 27.4. The van der Waals surface area contributed by atoms with Crippen molar-refractivity contribution in [1.29, 1.82) is 0 Å². The van der Waals surface area contributed by atoms with E-state index in [4.69, 9.17) is 16.3 Å². The highest BCUT2D eigenvalue weighted by atomic mass is 35.5. The Morgan fingerprint density at radius 2 is 2.08 bits per heavy atom. The monoisotopic (exact) mass is 376 g/mol. The Hall–Kier alpha value is -1.47. The molecule has 0 radical (unpaired) electrons. The summed E-state index contributed by atoms with van der Waals surface area (Å²) in [6.07, 6.45) is 2.33. The van der Waals surface area contributed by atoms with Gasteiger partial charge in [0, 0.05) is 43.4 Å². The second kappa shape index (κ2) is 6.93. The second-order valence-corrected chi connectivity index (χ2v) is 7.73. The van der Waals surface area contributed by atoms with Crippen molar-refractivity contribution in [3.63, 3.8) is 0 Å². The van der Waals surface area contributed by atoms with Gasteiger partial charge in [0.1, 0.15) is 0 Å². The lowest BCUT2D eigenvalue weighted by molar-refractivity contribution is 0.00882. The highest BCUT2D eigenvalue weighted by Gasteiger charge is 2.44. The first-order chi connectivity index (χ1) is 12.5. The minimum atomic E-state index is -0.417. The van der Waals surface area contributed by atoms with Crippen LogP contribution in [0.4, 0.5) is 5.69 Å². The molecule has 0 aliphatic carbocycles. The molecule has 0 amide bonds. The van der Waals surface area contributed by atoms with Crippen LogP contribution in [-0.4, -0.2) is 71.0 Å². The molecule has 2 fully saturated rings. The van der Waals surface area contributed by atoms with Gasteiger partial charge in [-0.15, -0.1) is 0 Å². The molecule has 1 N–H and O–H groups in total. The van der Waals surface area contributed by atoms with Gasteiger partial charge in [-0.3, -0.25) is 4.90 Å². The van der Waals surface area contributed by atoms with E-state index in [0.717, 1.165) is 43.5 Å². The molecule has 2 unspecified atom stereocenters. The van der Waals surface area contributed by atoms with Gasteiger partial charge in [-0.1, -0.05) is 6.92 Å². The molecule has 1 aromatic carbocycles. The molecule has 0 saturated carbocycles. The Balaban J connectivity index is 1.57. The number of hydrogen-bond donors (Lipinski definition) is 1. The smallest absolute Gasteiger partial charge is 0.222 e. The van der Waals surface area contributed by atoms with Crippen molar-refractivity contribution in [1.82, 2.24) is 14.9 Å². The van der Waals surface area contributed by atoms with Crippen LogP contribution in [0, 0.1) is 0 Å². The van der Waals surface area contributed by atoms with E-state index in [1.165, 1.54) is 11.3 Å². The topological polar surface area (TPSA) is 61.7 Å². The Bertz CT molecular complexity index is 809. The third kappa shape index (κ3) is 3.05. The number of aryl methyl sites for hydroxylation is 1. The summed E-state index contributed by atoms with van der Waals surface area (Å²) in [5, 5.41) is 11.6. The summed E-state index contributed by atoms with van der Waals surface area (Å²) in [5.41, 5.74) is 3.13. The highest BCUT2D eigenvalue weighted by molar-refractivity contribution is 6.28. The van der Waals surface area contributed by atoms with Crippen LogP contribution < -0.4 is 4.90 Å². The predicted octanol–water partition coefficient (Wildman–Crippen LogP) is 2.12. The number of piperazine rings is 1. The molecule has 1 aromatic heterocycles. The molecule has 3 heterocycles. The van der Waals surface area contributed by atoms with Gasteiger partial charge in [0.2, 0.25) is 5.28 Å². The highest BCUT2D eigenvalue weighted by Crippen LogP contribution is 2.31. The van der Waals surface area contributed by atoms with Crippen molar-refractivity contribution in [2.24, 2.45) is 0 Å². The average molecular weight is 377 g/mol. The molecule has 7 heteroatoms. The largest absolute Gasteiger partial charge is 0.389 e. The van der Waals surface area contributed by atoms with Crippen molar-refractivity contribution in [3.8, 4) is 0 Å². The fourth-order valence-corrected chi connectivity index (χ4v) is 4.22. The van der Waals surface area contributed by atoms with Crippen LogP contribution in [0.5, 0.6) is 0 Å². The first-order valence-corrected chi connectivity index (χ1v) is 9.60. The van der Waals surface area contributed by atoms with Crippen LogP contribution in [-0.2, 0) is 11.2 Å². The van der Waals surface area contributed by atoms with Crippen LogP contribution in [0.25, 0.3) is 10.9 Å². The number of anilines is 1. The number of halogens is 1. The van der Waals surface area contributed by atoms with E-state index in [1.807, 2.05) is 0 Å². The number of fused-ring (bicyclic) bond motifs is 1. The van der Waals surface area contributed by atoms with Crippen LogP contribution in [0.3, 0.4) is 0 Å². The van der Waals surface area contributed by atoms with Crippen molar-refractivity contribution in [3.05, 3.63) is 29.2 Å². The molecule has 140 valence electrons. The first-order valence-electron chi connectivity index (χ1n) is 9.22. The number of benzene rings is 1. The third-order valence-corrected chi connectivity index (χ3v) is 6.04. The third-order valence-electron chi connectivity index (χ3n) is 5.86. The van der Waals surface area contributed by atoms with E-state index in [-0.39, 0.29) is 10.8 Å². The van der Waals surface area contributed by atoms with Gasteiger partial charge < -0.3 is 14.7 Å². The number of ether oxygens (including phenoxy) is 1. The van der Waals surface area contributed by atoms with Crippen molar-refractivity contribution >= 4 is 28.2 Å². The summed E-state index contributed by atoms with van der Waals surface area (Å²) in [7, 11) is 0. The summed E-state index contributed by atoms with van der Waals surface area (Å²) in [6, 6.07) is 4.30. The van der Waals surface area contributed by atoms with Gasteiger partial charge in [0.15, 0.2) is 0 Å². The van der Waals surface area contributed by atoms with Crippen LogP contribution in [0.15, 0.2) is 18.3 Å². The van der Waals surface area contributed by atoms with E-state index < -0.39 is 6.10 Å². The zero-order valence-corrected chi connectivity index (χ0v) is 16.0. The fourth-order valence-electron chi connectivity index (χ4n) is 4.08. The first kappa shape index (κ1) is 17.9. The van der Waals surface area contributed by atoms with Gasteiger partial charge in [0.05, 0.1) is 30.4 Å². The Kier molecular flexibility index (Phi) is 4.77. The lowest BCUT2D eigenvalue weighted by Crippen LogP contribution is -2.60. The van der Waals surface area contributed by atoms with Gasteiger partial charge in [0.25, 0.3) is 0 Å². The van der Waals surface area contributed by atoms with Crippen LogP contribution >= 0.6 is 11.6 Å². The molecule has 6 nitrogen and oxygen atoms in total. The summed E-state index contributed by atoms with van der Waals surface area (Å²) in [5.74, 6) is 0. The summed E-state index contributed by atoms with van der Waals surface area (Å²) < 4.78 is 5.50. The predicted molar refractivity (Wildman–Crippen MR) is 103 cm³/mol. The van der Waals surface area contributed by atoms with E-state index >= 15 is 0 Å². The number of aliphatic hydroxyl groups is 1. The van der Waals surface area contributed by atoms with Crippen molar-refractivity contribution < 1.29 is 9.84 Å². The van der Waals surface area contributed by atoms with Gasteiger partial charge in [-0.25, -0.2) is 9.97 Å². The minimum Gasteiger partial charge on any atom is -0.389 e. The molecule has 4 rings (SSSR count). The molecule has 0 spiro atoms. The Morgan fingerprint density at radius 1 is 1.31 bits per heavy atom. The molecule has 2 aliphatic rings. The van der Waals surface area contributed by atoms with E-state index in [9.17, 15) is 5.11 Å². The molecule has 2 saturated heterocycles. The zero-order chi connectivity index (χ0) is 18.3. The quantitative estimate of drug-likeness (QED) is 0.828. The van der Waals surface area contributed by atoms with E-state index in [0.29, 0.717) is 13.2 Å². The second-order valence-electron chi connectivity index (χ2n) is 7.39. The summed E-state index contributed by atoms with van der Waals surface area (Å²) >= 11 is 5.97. The molecule has 2 atom stereocenters. The number of rotatable bonds is 3. The van der Waals surface area contributed by atoms with E-state index in [1.54, 1.807) is 6.20 Å². The molecular formula is C19H25ClN4O2. The SMILES string of the molecule is CCc1cc2cnc(Cl)nc2cc1N1CCN(C2(C)COCC2O)CC1. The number of aliphatic hydroxyl groups excluding tert-OH is 1. The van der Waals surface area contributed by atoms with Crippen LogP contribution in [0.1, 0.15) is 19.4 Å². The number of nitrogens with zero attached hydrogens (tertiary/aromatic N) is 4. The maximum Gasteiger partial charge on any atom is 0.222 e. The maximum absolute atomic E-state index is 10.3. The minimum absolute atomic E-state index is 0.274. The van der Waals surface area contributed by atoms with Crippen LogP contribution in [0.2, 0.25) is 5.28 Å². The summed E-state index contributed by atoms with van der Waals surface area (Å²) in [6.45, 7) is 8.95. The molecule has 2 aromatic rings.